The second kappa shape index (κ2) is 7.40. The lowest BCUT2D eigenvalue weighted by Gasteiger charge is -2.35. The number of H-pyrrole nitrogens is 1. The fourth-order valence-electron chi connectivity index (χ4n) is 3.79. The first-order valence-corrected chi connectivity index (χ1v) is 11.3. The minimum absolute atomic E-state index is 0.0962. The topological polar surface area (TPSA) is 130 Å². The Morgan fingerprint density at radius 3 is 2.84 bits per heavy atom. The number of rotatable bonds is 4. The summed E-state index contributed by atoms with van der Waals surface area (Å²) in [5, 5.41) is 11.1. The molecule has 0 saturated carbocycles. The lowest BCUT2D eigenvalue weighted by molar-refractivity contribution is 0.581. The molecule has 0 amide bonds. The molecule has 1 aliphatic rings. The molecule has 158 valence electrons. The molecule has 0 bridgehead atoms. The molecule has 0 aliphatic carbocycles. The predicted octanol–water partition coefficient (Wildman–Crippen LogP) is 2.82. The van der Waals surface area contributed by atoms with Crippen molar-refractivity contribution in [2.75, 3.05) is 21.9 Å². The fraction of sp³-hybridized carbons (Fsp3) is 0.150. The van der Waals surface area contributed by atoms with Crippen molar-refractivity contribution in [1.29, 1.82) is 0 Å². The summed E-state index contributed by atoms with van der Waals surface area (Å²) in [6.45, 7) is 0.203. The van der Waals surface area contributed by atoms with Crippen LogP contribution in [0.25, 0.3) is 11.0 Å². The minimum atomic E-state index is -3.83. The zero-order valence-electron chi connectivity index (χ0n) is 16.2. The second-order valence-corrected chi connectivity index (χ2v) is 9.53. The number of halogens is 1. The van der Waals surface area contributed by atoms with E-state index >= 15 is 0 Å². The van der Waals surface area contributed by atoms with Gasteiger partial charge < -0.3 is 11.1 Å². The van der Waals surface area contributed by atoms with Crippen molar-refractivity contribution in [3.05, 3.63) is 65.3 Å². The maximum atomic E-state index is 13.5. The van der Waals surface area contributed by atoms with Crippen LogP contribution in [0.3, 0.4) is 0 Å². The molecule has 31 heavy (non-hydrogen) atoms. The molecular formula is C20H18ClN7O2S. The number of nitrogen functional groups attached to an aromatic ring is 1. The highest BCUT2D eigenvalue weighted by atomic mass is 35.5. The van der Waals surface area contributed by atoms with Gasteiger partial charge in [0.15, 0.2) is 5.65 Å². The van der Waals surface area contributed by atoms with Gasteiger partial charge in [-0.15, -0.1) is 0 Å². The average molecular weight is 456 g/mol. The highest BCUT2D eigenvalue weighted by Gasteiger charge is 2.33. The van der Waals surface area contributed by atoms with Crippen LogP contribution in [0.2, 0.25) is 5.02 Å². The van der Waals surface area contributed by atoms with E-state index in [-0.39, 0.29) is 23.4 Å². The molecule has 0 radical (unpaired) electrons. The van der Waals surface area contributed by atoms with Crippen LogP contribution in [0.1, 0.15) is 5.56 Å². The molecule has 5 rings (SSSR count). The number of hydrogen-bond acceptors (Lipinski definition) is 7. The van der Waals surface area contributed by atoms with Crippen molar-refractivity contribution in [3.63, 3.8) is 0 Å². The maximum absolute atomic E-state index is 13.5. The predicted molar refractivity (Wildman–Crippen MR) is 120 cm³/mol. The Morgan fingerprint density at radius 1 is 1.16 bits per heavy atom. The number of aromatic amines is 1. The molecule has 1 atom stereocenters. The van der Waals surface area contributed by atoms with E-state index in [1.54, 1.807) is 24.4 Å². The van der Waals surface area contributed by atoms with Crippen LogP contribution in [-0.4, -0.2) is 41.2 Å². The van der Waals surface area contributed by atoms with Gasteiger partial charge in [0.2, 0.25) is 5.95 Å². The van der Waals surface area contributed by atoms with Crippen molar-refractivity contribution in [1.82, 2.24) is 20.2 Å². The van der Waals surface area contributed by atoms with Gasteiger partial charge in [-0.1, -0.05) is 35.9 Å². The highest BCUT2D eigenvalue weighted by Crippen LogP contribution is 2.34. The first-order chi connectivity index (χ1) is 14.9. The van der Waals surface area contributed by atoms with E-state index < -0.39 is 10.0 Å². The van der Waals surface area contributed by atoms with E-state index in [1.165, 1.54) is 10.4 Å². The summed E-state index contributed by atoms with van der Waals surface area (Å²) in [4.78, 5) is 8.55. The molecule has 1 unspecified atom stereocenters. The van der Waals surface area contributed by atoms with Crippen LogP contribution in [0.15, 0.2) is 59.6 Å². The number of nitrogens with zero attached hydrogens (tertiary/aromatic N) is 4. The third-order valence-electron chi connectivity index (χ3n) is 5.16. The largest absolute Gasteiger partial charge is 0.368 e. The SMILES string of the molecule is Nc1nc(NC2Cc3ccccc3N(S(=O)(=O)c3cccc(Cl)c3)C2)c2cn[nH]c2n1. The van der Waals surface area contributed by atoms with Crippen LogP contribution in [-0.2, 0) is 16.4 Å². The van der Waals surface area contributed by atoms with Gasteiger partial charge in [0.05, 0.1) is 34.8 Å². The fourth-order valence-corrected chi connectivity index (χ4v) is 5.64. The Balaban J connectivity index is 1.54. The molecule has 4 N–H and O–H groups in total. The van der Waals surface area contributed by atoms with Crippen molar-refractivity contribution in [2.24, 2.45) is 0 Å². The van der Waals surface area contributed by atoms with Crippen molar-refractivity contribution in [2.45, 2.75) is 17.4 Å². The minimum Gasteiger partial charge on any atom is -0.368 e. The van der Waals surface area contributed by atoms with E-state index in [0.29, 0.717) is 34.0 Å². The summed E-state index contributed by atoms with van der Waals surface area (Å²) in [5.74, 6) is 0.597. The standard InChI is InChI=1S/C20H18ClN7O2S/c21-13-5-3-6-15(9-13)31(29,30)28-11-14(8-12-4-1-2-7-17(12)28)24-18-16-10-23-27-19(16)26-20(22)25-18/h1-7,9-10,14H,8,11H2,(H4,22,23,24,25,26,27). The molecule has 2 aromatic carbocycles. The number of para-hydroxylation sites is 1. The normalized spacial score (nSPS) is 16.3. The van der Waals surface area contributed by atoms with Crippen molar-refractivity contribution < 1.29 is 8.42 Å². The highest BCUT2D eigenvalue weighted by molar-refractivity contribution is 7.92. The van der Waals surface area contributed by atoms with Gasteiger partial charge in [-0.25, -0.2) is 8.42 Å². The van der Waals surface area contributed by atoms with Crippen LogP contribution < -0.4 is 15.4 Å². The summed E-state index contributed by atoms with van der Waals surface area (Å²) in [5.41, 5.74) is 7.89. The Morgan fingerprint density at radius 2 is 2.00 bits per heavy atom. The Bertz CT molecular complexity index is 1390. The third kappa shape index (κ3) is 3.53. The van der Waals surface area contributed by atoms with Gasteiger partial charge >= 0.3 is 0 Å². The summed E-state index contributed by atoms with van der Waals surface area (Å²) in [6, 6.07) is 13.5. The summed E-state index contributed by atoms with van der Waals surface area (Å²) >= 11 is 6.06. The quantitative estimate of drug-likeness (QED) is 0.431. The second-order valence-electron chi connectivity index (χ2n) is 7.23. The van der Waals surface area contributed by atoms with Gasteiger partial charge in [0.1, 0.15) is 5.82 Å². The van der Waals surface area contributed by atoms with Crippen molar-refractivity contribution >= 4 is 50.1 Å². The van der Waals surface area contributed by atoms with Gasteiger partial charge in [-0.05, 0) is 36.2 Å². The molecule has 3 heterocycles. The molecule has 11 heteroatoms. The van der Waals surface area contributed by atoms with Gasteiger partial charge in [-0.3, -0.25) is 9.40 Å². The number of anilines is 3. The van der Waals surface area contributed by atoms with Crippen LogP contribution in [0.5, 0.6) is 0 Å². The van der Waals surface area contributed by atoms with Crippen LogP contribution in [0, 0.1) is 0 Å². The Kier molecular flexibility index (Phi) is 4.67. The molecule has 0 saturated heterocycles. The number of sulfonamides is 1. The molecule has 2 aromatic heterocycles. The number of hydrogen-bond donors (Lipinski definition) is 3. The number of nitrogens with two attached hydrogens (primary N) is 1. The van der Waals surface area contributed by atoms with E-state index in [9.17, 15) is 8.42 Å². The van der Waals surface area contributed by atoms with Crippen molar-refractivity contribution in [3.8, 4) is 0 Å². The smallest absolute Gasteiger partial charge is 0.264 e. The van der Waals surface area contributed by atoms with E-state index in [0.717, 1.165) is 5.56 Å². The molecule has 4 aromatic rings. The summed E-state index contributed by atoms with van der Waals surface area (Å²) in [6.07, 6.45) is 2.22. The first kappa shape index (κ1) is 19.6. The van der Waals surface area contributed by atoms with E-state index in [4.69, 9.17) is 17.3 Å². The van der Waals surface area contributed by atoms with Crippen LogP contribution >= 0.6 is 11.6 Å². The Labute approximate surface area is 183 Å². The lowest BCUT2D eigenvalue weighted by atomic mass is 9.99. The zero-order chi connectivity index (χ0) is 21.6. The molecule has 0 spiro atoms. The molecule has 1 aliphatic heterocycles. The first-order valence-electron chi connectivity index (χ1n) is 9.51. The maximum Gasteiger partial charge on any atom is 0.264 e. The molecule has 9 nitrogen and oxygen atoms in total. The third-order valence-corrected chi connectivity index (χ3v) is 7.18. The van der Waals surface area contributed by atoms with Gasteiger partial charge in [0, 0.05) is 5.02 Å². The molecular weight excluding hydrogens is 438 g/mol. The van der Waals surface area contributed by atoms with E-state index in [1.807, 2.05) is 24.3 Å². The van der Waals surface area contributed by atoms with E-state index in [2.05, 4.69) is 25.5 Å². The monoisotopic (exact) mass is 455 g/mol. The number of fused-ring (bicyclic) bond motifs is 2. The van der Waals surface area contributed by atoms with Gasteiger partial charge in [0.25, 0.3) is 10.0 Å². The van der Waals surface area contributed by atoms with Crippen LogP contribution in [0.4, 0.5) is 17.5 Å². The average Bonchev–Trinajstić information content (AvgIpc) is 3.22. The zero-order valence-corrected chi connectivity index (χ0v) is 17.7. The number of nitrogens with one attached hydrogen (secondary N) is 2. The summed E-state index contributed by atoms with van der Waals surface area (Å²) in [7, 11) is -3.83. The lowest BCUT2D eigenvalue weighted by Crippen LogP contribution is -2.45. The Hall–Kier alpha value is -3.37. The number of aromatic nitrogens is 4. The molecule has 0 fully saturated rings. The number of benzene rings is 2. The van der Waals surface area contributed by atoms with Gasteiger partial charge in [-0.2, -0.15) is 15.1 Å². The summed E-state index contributed by atoms with van der Waals surface area (Å²) < 4.78 is 28.4.